The normalized spacial score (nSPS) is 20.5. The third kappa shape index (κ3) is 3.20. The molecule has 2 nitrogen and oxygen atoms in total. The van der Waals surface area contributed by atoms with Crippen molar-refractivity contribution in [3.8, 4) is 0 Å². The van der Waals surface area contributed by atoms with Gasteiger partial charge in [-0.05, 0) is 72.2 Å². The third-order valence-corrected chi connectivity index (χ3v) is 9.45. The Morgan fingerprint density at radius 1 is 0.615 bits per heavy atom. The van der Waals surface area contributed by atoms with E-state index in [1.807, 2.05) is 0 Å². The lowest BCUT2D eigenvalue weighted by atomic mass is 9.27. The van der Waals surface area contributed by atoms with Crippen molar-refractivity contribution in [3.05, 3.63) is 150 Å². The van der Waals surface area contributed by atoms with E-state index in [1.165, 1.54) is 57.5 Å². The topological polar surface area (TPSA) is 15.3 Å². The highest BCUT2D eigenvalue weighted by atomic mass is 15.2. The Morgan fingerprint density at radius 3 is 1.87 bits per heavy atom. The van der Waals surface area contributed by atoms with Crippen molar-refractivity contribution < 1.29 is 0 Å². The first kappa shape index (κ1) is 22.9. The molecule has 3 aliphatic heterocycles. The average molecular weight is 502 g/mol. The van der Waals surface area contributed by atoms with Gasteiger partial charge in [0.15, 0.2) is 0 Å². The van der Waals surface area contributed by atoms with Gasteiger partial charge in [-0.3, -0.25) is 0 Å². The second kappa shape index (κ2) is 9.00. The summed E-state index contributed by atoms with van der Waals surface area (Å²) in [5.41, 5.74) is 10.7. The Morgan fingerprint density at radius 2 is 1.18 bits per heavy atom. The van der Waals surface area contributed by atoms with Gasteiger partial charge in [-0.25, -0.2) is 0 Å². The molecule has 0 amide bonds. The van der Waals surface area contributed by atoms with Crippen LogP contribution >= 0.6 is 0 Å². The van der Waals surface area contributed by atoms with E-state index in [0.717, 1.165) is 6.54 Å². The summed E-state index contributed by atoms with van der Waals surface area (Å²) >= 11 is 0. The van der Waals surface area contributed by atoms with Gasteiger partial charge in [0.1, 0.15) is 0 Å². The predicted molar refractivity (Wildman–Crippen MR) is 163 cm³/mol. The fourth-order valence-corrected chi connectivity index (χ4v) is 8.14. The Hall–Kier alpha value is -4.08. The molecule has 3 heterocycles. The number of rotatable bonds is 2. The lowest BCUT2D eigenvalue weighted by molar-refractivity contribution is 0.255. The molecule has 3 aliphatic rings. The summed E-state index contributed by atoms with van der Waals surface area (Å²) in [6.45, 7) is 1.40. The van der Waals surface area contributed by atoms with Crippen molar-refractivity contribution in [3.63, 3.8) is 0 Å². The molecule has 8 rings (SSSR count). The van der Waals surface area contributed by atoms with Crippen molar-refractivity contribution >= 4 is 34.7 Å². The molecule has 0 saturated carbocycles. The van der Waals surface area contributed by atoms with Crippen molar-refractivity contribution in [1.82, 2.24) is 5.32 Å². The lowest BCUT2D eigenvalue weighted by Gasteiger charge is -2.57. The van der Waals surface area contributed by atoms with Gasteiger partial charge in [0.05, 0.1) is 16.8 Å². The Balaban J connectivity index is 1.48. The first-order chi connectivity index (χ1) is 19.4. The molecule has 5 aromatic rings. The van der Waals surface area contributed by atoms with E-state index in [4.69, 9.17) is 0 Å². The highest BCUT2D eigenvalue weighted by Gasteiger charge is 2.58. The van der Waals surface area contributed by atoms with Gasteiger partial charge < -0.3 is 10.2 Å². The predicted octanol–water partition coefficient (Wildman–Crippen LogP) is 6.33. The van der Waals surface area contributed by atoms with Crippen LogP contribution < -0.4 is 21.1 Å². The van der Waals surface area contributed by atoms with Crippen LogP contribution in [0, 0.1) is 5.92 Å². The average Bonchev–Trinajstić information content (AvgIpc) is 3.02. The fraction of sp³-hybridized carbons (Fsp3) is 0.167. The lowest BCUT2D eigenvalue weighted by Crippen LogP contribution is -2.71. The molecule has 3 heteroatoms. The van der Waals surface area contributed by atoms with Gasteiger partial charge in [-0.1, -0.05) is 120 Å². The van der Waals surface area contributed by atoms with Crippen LogP contribution in [0.1, 0.15) is 29.5 Å². The molecule has 188 valence electrons. The van der Waals surface area contributed by atoms with Crippen molar-refractivity contribution in [2.75, 3.05) is 11.4 Å². The highest BCUT2D eigenvalue weighted by molar-refractivity contribution is 6.87. The minimum Gasteiger partial charge on any atom is -0.320 e. The first-order valence-electron chi connectivity index (χ1n) is 14.3. The number of fused-ring (bicyclic) bond motifs is 8. The van der Waals surface area contributed by atoms with Crippen LogP contribution in [-0.2, 0) is 5.41 Å². The molecule has 0 bridgehead atoms. The van der Waals surface area contributed by atoms with Gasteiger partial charge in [-0.15, -0.1) is 0 Å². The van der Waals surface area contributed by atoms with Crippen LogP contribution in [-0.4, -0.2) is 19.2 Å². The fourth-order valence-electron chi connectivity index (χ4n) is 8.14. The molecular weight excluding hydrogens is 471 g/mol. The third-order valence-electron chi connectivity index (χ3n) is 9.45. The maximum atomic E-state index is 4.07. The molecule has 1 N–H and O–H groups in total. The molecule has 5 aromatic carbocycles. The molecule has 0 radical (unpaired) electrons. The van der Waals surface area contributed by atoms with Crippen LogP contribution in [0.4, 0.5) is 17.1 Å². The Bertz CT molecular complexity index is 1600. The standard InChI is InChI=1S/C36H31BN2/c1-3-14-26(15-4-1)37-32-22-10-7-18-28(32)36(31-21-13-25-38-35(31)37)29-19-8-11-23-33(29)39(27-16-5-2-6-17-27)34-24-12-9-20-30(34)36/h1-12,14-20,22-24,31,35,38H,13,21,25H2. The van der Waals surface area contributed by atoms with E-state index in [0.29, 0.717) is 18.6 Å². The minimum atomic E-state index is -0.238. The van der Waals surface area contributed by atoms with Crippen LogP contribution in [0.15, 0.2) is 133 Å². The summed E-state index contributed by atoms with van der Waals surface area (Å²) in [4.78, 5) is 2.48. The molecule has 0 aromatic heterocycles. The summed E-state index contributed by atoms with van der Waals surface area (Å²) in [6.07, 6.45) is 2.39. The summed E-state index contributed by atoms with van der Waals surface area (Å²) in [7, 11) is 0. The largest absolute Gasteiger partial charge is 0.320 e. The van der Waals surface area contributed by atoms with E-state index in [-0.39, 0.29) is 5.41 Å². The maximum Gasteiger partial charge on any atom is 0.227 e. The number of hydrogen-bond acceptors (Lipinski definition) is 2. The second-order valence-corrected chi connectivity index (χ2v) is 11.2. The molecule has 39 heavy (non-hydrogen) atoms. The van der Waals surface area contributed by atoms with Crippen LogP contribution in [0.5, 0.6) is 0 Å². The summed E-state index contributed by atoms with van der Waals surface area (Å²) < 4.78 is 0. The second-order valence-electron chi connectivity index (χ2n) is 11.2. The number of nitrogens with one attached hydrogen (secondary N) is 1. The number of hydrogen-bond donors (Lipinski definition) is 1. The SMILES string of the molecule is c1ccc(B2c3ccccc3C3(c4ccccc4N(c4ccccc4)c4ccccc43)C3CCCNC23)cc1. The van der Waals surface area contributed by atoms with Crippen LogP contribution in [0.3, 0.4) is 0 Å². The Kier molecular flexibility index (Phi) is 5.28. The van der Waals surface area contributed by atoms with Gasteiger partial charge in [0.2, 0.25) is 6.71 Å². The highest BCUT2D eigenvalue weighted by Crippen LogP contribution is 2.60. The molecule has 1 saturated heterocycles. The smallest absolute Gasteiger partial charge is 0.227 e. The van der Waals surface area contributed by atoms with Crippen LogP contribution in [0.25, 0.3) is 0 Å². The molecule has 1 fully saturated rings. The zero-order chi connectivity index (χ0) is 25.8. The van der Waals surface area contributed by atoms with E-state index in [1.54, 1.807) is 0 Å². The molecule has 2 atom stereocenters. The van der Waals surface area contributed by atoms with E-state index < -0.39 is 0 Å². The van der Waals surface area contributed by atoms with E-state index in [2.05, 4.69) is 144 Å². The summed E-state index contributed by atoms with van der Waals surface area (Å²) in [6, 6.07) is 49.7. The molecule has 2 unspecified atom stereocenters. The quantitative estimate of drug-likeness (QED) is 0.284. The first-order valence-corrected chi connectivity index (χ1v) is 14.3. The van der Waals surface area contributed by atoms with Crippen molar-refractivity contribution in [2.24, 2.45) is 5.92 Å². The monoisotopic (exact) mass is 502 g/mol. The number of para-hydroxylation sites is 3. The summed E-state index contributed by atoms with van der Waals surface area (Å²) in [5, 5.41) is 4.07. The number of nitrogens with zero attached hydrogens (tertiary/aromatic N) is 1. The van der Waals surface area contributed by atoms with Gasteiger partial charge in [0, 0.05) is 5.69 Å². The van der Waals surface area contributed by atoms with E-state index >= 15 is 0 Å². The number of anilines is 3. The zero-order valence-electron chi connectivity index (χ0n) is 22.0. The van der Waals surface area contributed by atoms with Crippen molar-refractivity contribution in [2.45, 2.75) is 24.2 Å². The number of piperidine rings is 1. The van der Waals surface area contributed by atoms with Gasteiger partial charge in [0.25, 0.3) is 0 Å². The van der Waals surface area contributed by atoms with Gasteiger partial charge in [-0.2, -0.15) is 0 Å². The summed E-state index contributed by atoms with van der Waals surface area (Å²) in [5.74, 6) is 0.770. The minimum absolute atomic E-state index is 0.238. The zero-order valence-corrected chi connectivity index (χ0v) is 22.0. The number of benzene rings is 5. The maximum absolute atomic E-state index is 4.07. The molecule has 0 aliphatic carbocycles. The molecule has 1 spiro atoms. The van der Waals surface area contributed by atoms with Gasteiger partial charge >= 0.3 is 0 Å². The Labute approximate surface area is 231 Å². The van der Waals surface area contributed by atoms with Crippen LogP contribution in [0.2, 0.25) is 0 Å². The molecular formula is C36H31BN2. The van der Waals surface area contributed by atoms with Crippen molar-refractivity contribution in [1.29, 1.82) is 0 Å². The van der Waals surface area contributed by atoms with E-state index in [9.17, 15) is 0 Å².